The summed E-state index contributed by atoms with van der Waals surface area (Å²) in [6, 6.07) is 3.38. The Bertz CT molecular complexity index is 299. The van der Waals surface area contributed by atoms with Gasteiger partial charge in [0.05, 0.1) is 6.57 Å². The molecule has 0 spiro atoms. The topological polar surface area (TPSA) is 17.5 Å². The van der Waals surface area contributed by atoms with Gasteiger partial charge < -0.3 is 4.70 Å². The third-order valence-corrected chi connectivity index (χ3v) is 1.12. The molecule has 1 aromatic heterocycles. The SMILES string of the molecule is C.FB(F)F.[C-]#[N+]c1cc[n+](OC)cc1.[F-]. The van der Waals surface area contributed by atoms with Crippen molar-refractivity contribution in [2.45, 2.75) is 7.43 Å². The molecule has 8 heteroatoms. The van der Waals surface area contributed by atoms with Gasteiger partial charge in [-0.25, -0.2) is 4.85 Å². The van der Waals surface area contributed by atoms with Gasteiger partial charge in [0.25, 0.3) is 0 Å². The van der Waals surface area contributed by atoms with Gasteiger partial charge in [0.15, 0.2) is 5.69 Å². The second-order valence-electron chi connectivity index (χ2n) is 1.96. The first-order chi connectivity index (χ1) is 6.60. The van der Waals surface area contributed by atoms with Crippen LogP contribution in [0.3, 0.4) is 0 Å². The molecular formula is C8H11BF4N2O. The van der Waals surface area contributed by atoms with Crippen LogP contribution in [-0.4, -0.2) is 14.7 Å². The Morgan fingerprint density at radius 1 is 1.31 bits per heavy atom. The molecular weight excluding hydrogens is 227 g/mol. The minimum absolute atomic E-state index is 0. The van der Waals surface area contributed by atoms with Gasteiger partial charge in [0.1, 0.15) is 7.11 Å². The Balaban J connectivity index is -0.000000249. The van der Waals surface area contributed by atoms with Gasteiger partial charge in [-0.15, -0.1) is 0 Å². The lowest BCUT2D eigenvalue weighted by Gasteiger charge is -1.87. The fourth-order valence-corrected chi connectivity index (χ4v) is 0.601. The molecule has 0 saturated carbocycles. The molecule has 1 heterocycles. The lowest BCUT2D eigenvalue weighted by molar-refractivity contribution is -0.885. The van der Waals surface area contributed by atoms with Gasteiger partial charge in [0, 0.05) is 16.9 Å². The van der Waals surface area contributed by atoms with Crippen molar-refractivity contribution in [2.24, 2.45) is 0 Å². The summed E-state index contributed by atoms with van der Waals surface area (Å²) in [6.07, 6.45) is 3.38. The molecule has 0 atom stereocenters. The van der Waals surface area contributed by atoms with Crippen molar-refractivity contribution >= 4 is 13.2 Å². The first kappa shape index (κ1) is 19.7. The molecule has 16 heavy (non-hydrogen) atoms. The number of nitrogens with zero attached hydrogens (tertiary/aromatic N) is 2. The molecule has 90 valence electrons. The van der Waals surface area contributed by atoms with E-state index in [-0.39, 0.29) is 12.1 Å². The molecule has 1 rings (SSSR count). The van der Waals surface area contributed by atoms with Crippen molar-refractivity contribution in [3.8, 4) is 0 Å². The van der Waals surface area contributed by atoms with Crippen molar-refractivity contribution in [2.75, 3.05) is 7.11 Å². The molecule has 0 bridgehead atoms. The number of halogens is 4. The normalized spacial score (nSPS) is 6.94. The fraction of sp³-hybridized carbons (Fsp3) is 0.250. The van der Waals surface area contributed by atoms with Crippen molar-refractivity contribution in [3.05, 3.63) is 35.9 Å². The summed E-state index contributed by atoms with van der Waals surface area (Å²) >= 11 is 0. The average molecular weight is 238 g/mol. The number of hydrogen-bond donors (Lipinski definition) is 0. The minimum atomic E-state index is -3.67. The average Bonchev–Trinajstić information content (AvgIpc) is 2.17. The molecule has 0 aliphatic rings. The second kappa shape index (κ2) is 11.3. The van der Waals surface area contributed by atoms with Crippen molar-refractivity contribution in [3.63, 3.8) is 0 Å². The zero-order valence-corrected chi connectivity index (χ0v) is 7.70. The summed E-state index contributed by atoms with van der Waals surface area (Å²) in [7, 11) is -2.10. The Kier molecular flexibility index (Phi) is 13.9. The fourth-order valence-electron chi connectivity index (χ4n) is 0.601. The van der Waals surface area contributed by atoms with Crippen LogP contribution < -0.4 is 14.3 Å². The van der Waals surface area contributed by atoms with Crippen LogP contribution >= 0.6 is 0 Å². The number of aromatic nitrogens is 1. The number of hydrogen-bond acceptors (Lipinski definition) is 1. The van der Waals surface area contributed by atoms with E-state index in [0.29, 0.717) is 5.69 Å². The number of pyridine rings is 1. The minimum Gasteiger partial charge on any atom is -1.00 e. The molecule has 0 amide bonds. The van der Waals surface area contributed by atoms with Crippen LogP contribution in [0.1, 0.15) is 7.43 Å². The number of rotatable bonds is 1. The van der Waals surface area contributed by atoms with Crippen molar-refractivity contribution < 1.29 is 27.2 Å². The Labute approximate surface area is 91.8 Å². The van der Waals surface area contributed by atoms with Gasteiger partial charge in [-0.3, -0.25) is 17.8 Å². The lowest BCUT2D eigenvalue weighted by atomic mass is 10.4. The van der Waals surface area contributed by atoms with Crippen LogP contribution in [0.4, 0.5) is 18.6 Å². The van der Waals surface area contributed by atoms with E-state index in [1.54, 1.807) is 31.6 Å². The summed E-state index contributed by atoms with van der Waals surface area (Å²) in [5, 5.41) is 0. The highest BCUT2D eigenvalue weighted by molar-refractivity contribution is 6.33. The summed E-state index contributed by atoms with van der Waals surface area (Å²) in [6.45, 7) is 6.65. The molecule has 0 unspecified atom stereocenters. The van der Waals surface area contributed by atoms with Crippen LogP contribution in [0.2, 0.25) is 0 Å². The smallest absolute Gasteiger partial charge is 0.762 e. The molecule has 0 aliphatic heterocycles. The highest BCUT2D eigenvalue weighted by atomic mass is 19.4. The first-order valence-electron chi connectivity index (χ1n) is 3.45. The molecule has 3 nitrogen and oxygen atoms in total. The van der Waals surface area contributed by atoms with Gasteiger partial charge in [-0.1, -0.05) is 7.43 Å². The van der Waals surface area contributed by atoms with Crippen LogP contribution in [0.25, 0.3) is 4.85 Å². The molecule has 0 saturated heterocycles. The van der Waals surface area contributed by atoms with Gasteiger partial charge in [-0.05, 0) is 0 Å². The third kappa shape index (κ3) is 10.3. The largest absolute Gasteiger partial charge is 1.00 e. The molecule has 0 fully saturated rings. The maximum atomic E-state index is 9.67. The predicted molar refractivity (Wildman–Crippen MR) is 51.2 cm³/mol. The third-order valence-electron chi connectivity index (χ3n) is 1.12. The maximum Gasteiger partial charge on any atom is 0.762 e. The molecule has 0 aromatic carbocycles. The molecule has 0 aliphatic carbocycles. The van der Waals surface area contributed by atoms with E-state index in [2.05, 4.69) is 4.85 Å². The van der Waals surface area contributed by atoms with Gasteiger partial charge in [0.2, 0.25) is 12.4 Å². The maximum absolute atomic E-state index is 9.67. The lowest BCUT2D eigenvalue weighted by Crippen LogP contribution is -3.00. The summed E-state index contributed by atoms with van der Waals surface area (Å²) in [5.74, 6) is 0. The van der Waals surface area contributed by atoms with Gasteiger partial charge in [-0.2, -0.15) is 0 Å². The highest BCUT2D eigenvalue weighted by Gasteiger charge is 2.06. The highest BCUT2D eigenvalue weighted by Crippen LogP contribution is 2.05. The van der Waals surface area contributed by atoms with Crippen LogP contribution in [-0.2, 0) is 0 Å². The van der Waals surface area contributed by atoms with E-state index < -0.39 is 7.54 Å². The van der Waals surface area contributed by atoms with Crippen LogP contribution in [0, 0.1) is 6.57 Å². The summed E-state index contributed by atoms with van der Waals surface area (Å²) < 4.78 is 30.5. The van der Waals surface area contributed by atoms with E-state index >= 15 is 0 Å². The van der Waals surface area contributed by atoms with E-state index in [9.17, 15) is 12.9 Å². The molecule has 0 radical (unpaired) electrons. The van der Waals surface area contributed by atoms with E-state index in [0.717, 1.165) is 0 Å². The quantitative estimate of drug-likeness (QED) is 0.268. The second-order valence-corrected chi connectivity index (χ2v) is 1.96. The van der Waals surface area contributed by atoms with E-state index in [4.69, 9.17) is 11.4 Å². The summed E-state index contributed by atoms with van der Waals surface area (Å²) in [5.41, 5.74) is 0.619. The van der Waals surface area contributed by atoms with Crippen molar-refractivity contribution in [1.29, 1.82) is 0 Å². The summed E-state index contributed by atoms with van der Waals surface area (Å²) in [4.78, 5) is 8.05. The Hall–Kier alpha value is -1.78. The Morgan fingerprint density at radius 2 is 1.69 bits per heavy atom. The standard InChI is InChI=1S/C7H7N2O.CH4.BF3.FH/c1-8-7-3-5-9(10-2)6-4-7;;2-1(3)4;/h3-6H,2H3;1H4;;1H/q+1;;;/p-1. The van der Waals surface area contributed by atoms with Gasteiger partial charge >= 0.3 is 7.54 Å². The molecule has 0 N–H and O–H groups in total. The zero-order chi connectivity index (χ0) is 11.0. The van der Waals surface area contributed by atoms with E-state index in [1.165, 1.54) is 4.73 Å². The predicted octanol–water partition coefficient (Wildman–Crippen LogP) is -0.897. The van der Waals surface area contributed by atoms with Crippen LogP contribution in [0.5, 0.6) is 0 Å². The first-order valence-corrected chi connectivity index (χ1v) is 3.45. The van der Waals surface area contributed by atoms with E-state index in [1.807, 2.05) is 0 Å². The van der Waals surface area contributed by atoms with Crippen molar-refractivity contribution in [1.82, 2.24) is 0 Å². The zero-order valence-electron chi connectivity index (χ0n) is 7.70. The Morgan fingerprint density at radius 3 is 1.94 bits per heavy atom. The monoisotopic (exact) mass is 238 g/mol. The molecule has 1 aromatic rings. The van der Waals surface area contributed by atoms with Crippen LogP contribution in [0.15, 0.2) is 24.5 Å².